The number of alkyl halides is 3. The zero-order valence-electron chi connectivity index (χ0n) is 16.3. The van der Waals surface area contributed by atoms with Crippen molar-refractivity contribution in [3.05, 3.63) is 81.3 Å². The molecule has 0 aliphatic rings. The third-order valence-electron chi connectivity index (χ3n) is 4.17. The van der Waals surface area contributed by atoms with E-state index in [9.17, 15) is 21.6 Å². The summed E-state index contributed by atoms with van der Waals surface area (Å²) in [6, 6.07) is 13.9. The van der Waals surface area contributed by atoms with Crippen LogP contribution >= 0.6 is 34.5 Å². The molecular formula is C21H15Cl2F3N2O2S2. The van der Waals surface area contributed by atoms with Crippen molar-refractivity contribution in [2.24, 2.45) is 10.7 Å². The maximum Gasteiger partial charge on any atom is 0.430 e. The van der Waals surface area contributed by atoms with Gasteiger partial charge in [-0.15, -0.1) is 11.3 Å². The molecule has 0 aliphatic carbocycles. The van der Waals surface area contributed by atoms with Gasteiger partial charge < -0.3 is 5.73 Å². The second-order valence-electron chi connectivity index (χ2n) is 6.65. The number of nitrogens with two attached hydrogens (primary N) is 1. The Morgan fingerprint density at radius 1 is 1.09 bits per heavy atom. The number of nitrogens with zero attached hydrogens (tertiary/aromatic N) is 1. The third-order valence-corrected chi connectivity index (χ3v) is 7.00. The number of hydrogen-bond acceptors (Lipinski definition) is 5. The molecular weight excluding hydrogens is 504 g/mol. The van der Waals surface area contributed by atoms with Gasteiger partial charge in [-0.05, 0) is 54.1 Å². The van der Waals surface area contributed by atoms with E-state index in [2.05, 4.69) is 4.99 Å². The van der Waals surface area contributed by atoms with Crippen molar-refractivity contribution < 1.29 is 21.6 Å². The summed E-state index contributed by atoms with van der Waals surface area (Å²) in [5.41, 5.74) is 4.60. The number of thiophene rings is 1. The number of halogens is 5. The van der Waals surface area contributed by atoms with Gasteiger partial charge in [0.15, 0.2) is 9.84 Å². The first-order valence-electron chi connectivity index (χ1n) is 8.83. The maximum absolute atomic E-state index is 13.1. The lowest BCUT2D eigenvalue weighted by Crippen LogP contribution is -2.20. The van der Waals surface area contributed by atoms with Gasteiger partial charge >= 0.3 is 6.18 Å². The number of sulfone groups is 1. The molecule has 0 saturated heterocycles. The van der Waals surface area contributed by atoms with E-state index in [1.54, 1.807) is 24.3 Å². The maximum atomic E-state index is 13.1. The zero-order valence-corrected chi connectivity index (χ0v) is 19.5. The summed E-state index contributed by atoms with van der Waals surface area (Å²) in [7, 11) is -3.42. The van der Waals surface area contributed by atoms with E-state index in [4.69, 9.17) is 28.9 Å². The highest BCUT2D eigenvalue weighted by Gasteiger charge is 2.32. The number of rotatable bonds is 5. The van der Waals surface area contributed by atoms with Crippen molar-refractivity contribution in [3.8, 4) is 10.4 Å². The van der Waals surface area contributed by atoms with Crippen molar-refractivity contribution in [1.29, 1.82) is 0 Å². The zero-order chi connectivity index (χ0) is 23.7. The van der Waals surface area contributed by atoms with E-state index in [-0.39, 0.29) is 21.3 Å². The van der Waals surface area contributed by atoms with Crippen LogP contribution in [0.5, 0.6) is 0 Å². The van der Waals surface area contributed by atoms with Gasteiger partial charge in [-0.3, -0.25) is 0 Å². The van der Waals surface area contributed by atoms with Gasteiger partial charge in [-0.25, -0.2) is 13.4 Å². The average Bonchev–Trinajstić information content (AvgIpc) is 3.19. The van der Waals surface area contributed by atoms with Crippen molar-refractivity contribution in [2.45, 2.75) is 11.1 Å². The predicted octanol–water partition coefficient (Wildman–Crippen LogP) is 6.65. The first-order valence-corrected chi connectivity index (χ1v) is 12.3. The van der Waals surface area contributed by atoms with E-state index in [1.165, 1.54) is 30.3 Å². The molecule has 0 amide bonds. The molecule has 32 heavy (non-hydrogen) atoms. The Morgan fingerprint density at radius 3 is 2.47 bits per heavy atom. The Hall–Kier alpha value is -2.33. The summed E-state index contributed by atoms with van der Waals surface area (Å²) in [5.74, 6) is 0. The monoisotopic (exact) mass is 518 g/mol. The Balaban J connectivity index is 2.12. The van der Waals surface area contributed by atoms with Gasteiger partial charge in [0, 0.05) is 16.2 Å². The largest absolute Gasteiger partial charge is 0.430 e. The van der Waals surface area contributed by atoms with E-state index in [1.807, 2.05) is 0 Å². The molecule has 3 aromatic rings. The Bertz CT molecular complexity index is 1330. The molecule has 3 rings (SSSR count). The minimum Gasteiger partial charge on any atom is -0.395 e. The molecule has 4 nitrogen and oxygen atoms in total. The molecule has 0 radical (unpaired) electrons. The molecule has 0 saturated carbocycles. The van der Waals surface area contributed by atoms with E-state index < -0.39 is 21.7 Å². The standard InChI is InChI=1S/C21H15Cl2F3N2O2S2/c1-32(29,30)14-4-2-3-12(9-14)18-7-8-19(31-18)17(11-20(27)21(24,25)26)28-16-10-13(22)5-6-15(16)23/h2-11H,27H2,1H3. The second-order valence-corrected chi connectivity index (χ2v) is 10.6. The molecule has 1 heterocycles. The average molecular weight is 519 g/mol. The fourth-order valence-corrected chi connectivity index (χ4v) is 4.56. The van der Waals surface area contributed by atoms with Crippen LogP contribution in [0.25, 0.3) is 10.4 Å². The SMILES string of the molecule is CS(=O)(=O)c1cccc(-c2ccc(C(C=C(N)C(F)(F)F)=Nc3cc(Cl)ccc3Cl)s2)c1. The Labute approximate surface area is 196 Å². The van der Waals surface area contributed by atoms with E-state index in [0.29, 0.717) is 20.3 Å². The summed E-state index contributed by atoms with van der Waals surface area (Å²) in [4.78, 5) is 5.40. The fraction of sp³-hybridized carbons (Fsp3) is 0.0952. The summed E-state index contributed by atoms with van der Waals surface area (Å²) >= 11 is 13.2. The third kappa shape index (κ3) is 5.92. The smallest absolute Gasteiger partial charge is 0.395 e. The summed E-state index contributed by atoms with van der Waals surface area (Å²) in [6.45, 7) is 0. The molecule has 2 aromatic carbocycles. The van der Waals surface area contributed by atoms with E-state index in [0.717, 1.165) is 23.7 Å². The lowest BCUT2D eigenvalue weighted by atomic mass is 10.2. The van der Waals surface area contributed by atoms with Gasteiger partial charge in [0.2, 0.25) is 0 Å². The molecule has 0 spiro atoms. The van der Waals surface area contributed by atoms with Crippen LogP contribution in [0.1, 0.15) is 4.88 Å². The van der Waals surface area contributed by atoms with Crippen LogP contribution in [-0.2, 0) is 9.84 Å². The molecule has 11 heteroatoms. The highest BCUT2D eigenvalue weighted by molar-refractivity contribution is 7.90. The van der Waals surface area contributed by atoms with Crippen molar-refractivity contribution in [2.75, 3.05) is 6.26 Å². The van der Waals surface area contributed by atoms with Gasteiger partial charge in [0.05, 0.1) is 26.2 Å². The molecule has 2 N–H and O–H groups in total. The van der Waals surface area contributed by atoms with Crippen LogP contribution in [0.2, 0.25) is 10.0 Å². The van der Waals surface area contributed by atoms with Crippen LogP contribution in [0.15, 0.2) is 76.3 Å². The van der Waals surface area contributed by atoms with Gasteiger partial charge in [0.1, 0.15) is 5.70 Å². The predicted molar refractivity (Wildman–Crippen MR) is 124 cm³/mol. The highest BCUT2D eigenvalue weighted by atomic mass is 35.5. The normalized spacial score (nSPS) is 13.4. The van der Waals surface area contributed by atoms with E-state index >= 15 is 0 Å². The van der Waals surface area contributed by atoms with Gasteiger partial charge in [-0.2, -0.15) is 13.2 Å². The lowest BCUT2D eigenvalue weighted by molar-refractivity contribution is -0.0925. The molecule has 0 bridgehead atoms. The van der Waals surface area contributed by atoms with Crippen molar-refractivity contribution >= 4 is 55.8 Å². The molecule has 0 fully saturated rings. The number of hydrogen-bond donors (Lipinski definition) is 1. The van der Waals surface area contributed by atoms with Crippen LogP contribution in [0.4, 0.5) is 18.9 Å². The second kappa shape index (κ2) is 9.27. The summed E-state index contributed by atoms with van der Waals surface area (Å²) in [6.07, 6.45) is -2.93. The number of benzene rings is 2. The minimum atomic E-state index is -4.75. The molecule has 0 atom stereocenters. The minimum absolute atomic E-state index is 0.0699. The number of aliphatic imine (C=N–C) groups is 1. The quantitative estimate of drug-likeness (QED) is 0.384. The molecule has 0 unspecified atom stereocenters. The van der Waals surface area contributed by atoms with Crippen molar-refractivity contribution in [1.82, 2.24) is 0 Å². The fourth-order valence-electron chi connectivity index (χ4n) is 2.60. The molecule has 1 aromatic heterocycles. The summed E-state index contributed by atoms with van der Waals surface area (Å²) in [5, 5.41) is 0.508. The van der Waals surface area contributed by atoms with Crippen LogP contribution in [0, 0.1) is 0 Å². The molecule has 168 valence electrons. The Kier molecular flexibility index (Phi) is 7.04. The van der Waals surface area contributed by atoms with Crippen molar-refractivity contribution in [3.63, 3.8) is 0 Å². The first-order chi connectivity index (χ1) is 14.8. The Morgan fingerprint density at radius 2 is 1.81 bits per heavy atom. The van der Waals surface area contributed by atoms with Crippen LogP contribution in [0.3, 0.4) is 0 Å². The van der Waals surface area contributed by atoms with Gasteiger partial charge in [0.25, 0.3) is 0 Å². The topological polar surface area (TPSA) is 72.5 Å². The molecule has 0 aliphatic heterocycles. The lowest BCUT2D eigenvalue weighted by Gasteiger charge is -2.08. The van der Waals surface area contributed by atoms with Gasteiger partial charge in [-0.1, -0.05) is 35.3 Å². The first kappa shape index (κ1) is 24.3. The van der Waals surface area contributed by atoms with Crippen LogP contribution < -0.4 is 5.73 Å². The highest BCUT2D eigenvalue weighted by Crippen LogP contribution is 2.34. The number of allylic oxidation sites excluding steroid dienone is 2. The summed E-state index contributed by atoms with van der Waals surface area (Å²) < 4.78 is 62.9. The van der Waals surface area contributed by atoms with Crippen LogP contribution in [-0.4, -0.2) is 26.6 Å².